The number of nitrogens with zero attached hydrogens (tertiary/aromatic N) is 2. The van der Waals surface area contributed by atoms with Crippen molar-refractivity contribution in [3.63, 3.8) is 0 Å². The van der Waals surface area contributed by atoms with E-state index in [0.717, 1.165) is 25.0 Å². The first-order valence-electron chi connectivity index (χ1n) is 5.47. The van der Waals surface area contributed by atoms with Gasteiger partial charge in [-0.05, 0) is 31.9 Å². The molecule has 0 aliphatic rings. The summed E-state index contributed by atoms with van der Waals surface area (Å²) in [5, 5.41) is 12.9. The molecule has 0 aliphatic heterocycles. The molecule has 0 atom stereocenters. The molecular formula is C13H16N2O. The minimum atomic E-state index is 0.509. The Kier molecular flexibility index (Phi) is 5.07. The van der Waals surface area contributed by atoms with Crippen LogP contribution < -0.4 is 4.84 Å². The molecule has 1 rings (SSSR count). The van der Waals surface area contributed by atoms with Gasteiger partial charge >= 0.3 is 0 Å². The average Bonchev–Trinajstić information content (AvgIpc) is 2.34. The van der Waals surface area contributed by atoms with Crippen LogP contribution in [0.5, 0.6) is 5.75 Å². The van der Waals surface area contributed by atoms with Crippen molar-refractivity contribution in [2.24, 2.45) is 5.16 Å². The topological polar surface area (TPSA) is 45.4 Å². The molecule has 0 saturated heterocycles. The molecule has 0 unspecified atom stereocenters. The number of unbranched alkanes of at least 4 members (excludes halogenated alkanes) is 1. The first kappa shape index (κ1) is 12.3. The molecule has 1 aromatic rings. The third-order valence-electron chi connectivity index (χ3n) is 2.20. The Labute approximate surface area is 96.3 Å². The van der Waals surface area contributed by atoms with Crippen LogP contribution in [0.25, 0.3) is 0 Å². The Bertz CT molecular complexity index is 405. The summed E-state index contributed by atoms with van der Waals surface area (Å²) in [6.07, 6.45) is 3.19. The normalized spacial score (nSPS) is 10.9. The number of hydrogen-bond donors (Lipinski definition) is 0. The van der Waals surface area contributed by atoms with Crippen LogP contribution in [-0.4, -0.2) is 5.71 Å². The zero-order valence-electron chi connectivity index (χ0n) is 9.73. The Balaban J connectivity index is 2.63. The summed E-state index contributed by atoms with van der Waals surface area (Å²) in [4.78, 5) is 5.25. The third kappa shape index (κ3) is 3.74. The highest BCUT2D eigenvalue weighted by Crippen LogP contribution is 2.16. The van der Waals surface area contributed by atoms with Crippen molar-refractivity contribution in [1.82, 2.24) is 0 Å². The van der Waals surface area contributed by atoms with Crippen molar-refractivity contribution in [2.45, 2.75) is 33.1 Å². The van der Waals surface area contributed by atoms with Gasteiger partial charge < -0.3 is 4.84 Å². The number of rotatable bonds is 5. The fraction of sp³-hybridized carbons (Fsp3) is 0.385. The maximum absolute atomic E-state index is 8.85. The molecule has 0 amide bonds. The van der Waals surface area contributed by atoms with Gasteiger partial charge in [-0.1, -0.05) is 30.6 Å². The lowest BCUT2D eigenvalue weighted by atomic mass is 10.2. The summed E-state index contributed by atoms with van der Waals surface area (Å²) in [6, 6.07) is 9.16. The van der Waals surface area contributed by atoms with Gasteiger partial charge in [0, 0.05) is 0 Å². The van der Waals surface area contributed by atoms with Crippen LogP contribution in [0.2, 0.25) is 0 Å². The Morgan fingerprint density at radius 1 is 1.44 bits per heavy atom. The fourth-order valence-electron chi connectivity index (χ4n) is 1.24. The minimum absolute atomic E-state index is 0.509. The lowest BCUT2D eigenvalue weighted by Gasteiger charge is -2.02. The van der Waals surface area contributed by atoms with E-state index in [4.69, 9.17) is 10.1 Å². The molecule has 0 bridgehead atoms. The van der Waals surface area contributed by atoms with Gasteiger partial charge in [0.15, 0.2) is 5.75 Å². The summed E-state index contributed by atoms with van der Waals surface area (Å²) in [5.41, 5.74) is 1.46. The van der Waals surface area contributed by atoms with Crippen molar-refractivity contribution in [3.05, 3.63) is 29.8 Å². The van der Waals surface area contributed by atoms with E-state index in [9.17, 15) is 0 Å². The SMILES string of the molecule is CCCC/C(C)=N/Oc1ccccc1C#N. The molecule has 0 saturated carbocycles. The van der Waals surface area contributed by atoms with E-state index in [1.165, 1.54) is 0 Å². The predicted octanol–water partition coefficient (Wildman–Crippen LogP) is 3.50. The summed E-state index contributed by atoms with van der Waals surface area (Å²) < 4.78 is 0. The summed E-state index contributed by atoms with van der Waals surface area (Å²) in [7, 11) is 0. The third-order valence-corrected chi connectivity index (χ3v) is 2.20. The molecule has 0 heterocycles. The van der Waals surface area contributed by atoms with E-state index < -0.39 is 0 Å². The van der Waals surface area contributed by atoms with Gasteiger partial charge in [-0.25, -0.2) is 0 Å². The molecular weight excluding hydrogens is 200 g/mol. The van der Waals surface area contributed by atoms with Crippen LogP contribution in [0.3, 0.4) is 0 Å². The molecule has 3 heteroatoms. The van der Waals surface area contributed by atoms with Gasteiger partial charge in [0.2, 0.25) is 0 Å². The van der Waals surface area contributed by atoms with Crippen LogP contribution in [0.15, 0.2) is 29.4 Å². The predicted molar refractivity (Wildman–Crippen MR) is 64.4 cm³/mol. The lowest BCUT2D eigenvalue weighted by Crippen LogP contribution is -1.96. The fourth-order valence-corrected chi connectivity index (χ4v) is 1.24. The van der Waals surface area contributed by atoms with Gasteiger partial charge in [-0.3, -0.25) is 0 Å². The zero-order valence-corrected chi connectivity index (χ0v) is 9.73. The largest absolute Gasteiger partial charge is 0.356 e. The van der Waals surface area contributed by atoms with E-state index in [1.807, 2.05) is 13.0 Å². The summed E-state index contributed by atoms with van der Waals surface area (Å²) in [6.45, 7) is 4.07. The van der Waals surface area contributed by atoms with E-state index >= 15 is 0 Å². The number of benzene rings is 1. The smallest absolute Gasteiger partial charge is 0.175 e. The zero-order chi connectivity index (χ0) is 11.8. The Hall–Kier alpha value is -1.82. The van der Waals surface area contributed by atoms with Crippen LogP contribution >= 0.6 is 0 Å². The molecule has 0 aromatic heterocycles. The maximum atomic E-state index is 8.85. The van der Waals surface area contributed by atoms with Gasteiger partial charge in [0.1, 0.15) is 6.07 Å². The molecule has 0 fully saturated rings. The van der Waals surface area contributed by atoms with Gasteiger partial charge in [0.25, 0.3) is 0 Å². The van der Waals surface area contributed by atoms with Crippen molar-refractivity contribution >= 4 is 5.71 Å². The molecule has 84 valence electrons. The highest BCUT2D eigenvalue weighted by Gasteiger charge is 2.01. The molecule has 0 radical (unpaired) electrons. The van der Waals surface area contributed by atoms with Crippen LogP contribution in [-0.2, 0) is 0 Å². The molecule has 0 spiro atoms. The van der Waals surface area contributed by atoms with E-state index in [1.54, 1.807) is 18.2 Å². The van der Waals surface area contributed by atoms with Crippen molar-refractivity contribution in [3.8, 4) is 11.8 Å². The summed E-state index contributed by atoms with van der Waals surface area (Å²) >= 11 is 0. The minimum Gasteiger partial charge on any atom is -0.356 e. The molecule has 1 aromatic carbocycles. The number of hydrogen-bond acceptors (Lipinski definition) is 3. The molecule has 16 heavy (non-hydrogen) atoms. The van der Waals surface area contributed by atoms with Gasteiger partial charge in [-0.2, -0.15) is 5.26 Å². The Morgan fingerprint density at radius 2 is 2.19 bits per heavy atom. The molecule has 3 nitrogen and oxygen atoms in total. The van der Waals surface area contributed by atoms with Gasteiger partial charge in [0.05, 0.1) is 11.3 Å². The summed E-state index contributed by atoms with van der Waals surface area (Å²) in [5.74, 6) is 0.515. The second-order valence-corrected chi connectivity index (χ2v) is 3.63. The van der Waals surface area contributed by atoms with E-state index in [2.05, 4.69) is 18.1 Å². The van der Waals surface area contributed by atoms with Crippen molar-refractivity contribution in [2.75, 3.05) is 0 Å². The first-order chi connectivity index (χ1) is 7.77. The molecule has 0 N–H and O–H groups in total. The second-order valence-electron chi connectivity index (χ2n) is 3.63. The van der Waals surface area contributed by atoms with Crippen LogP contribution in [0, 0.1) is 11.3 Å². The monoisotopic (exact) mass is 216 g/mol. The van der Waals surface area contributed by atoms with E-state index in [0.29, 0.717) is 11.3 Å². The molecule has 0 aliphatic carbocycles. The lowest BCUT2D eigenvalue weighted by molar-refractivity contribution is 0.338. The average molecular weight is 216 g/mol. The standard InChI is InChI=1S/C13H16N2O/c1-3-4-7-11(2)15-16-13-9-6-5-8-12(13)10-14/h5-6,8-9H,3-4,7H2,1-2H3/b15-11+. The first-order valence-corrected chi connectivity index (χ1v) is 5.47. The highest BCUT2D eigenvalue weighted by atomic mass is 16.6. The van der Waals surface area contributed by atoms with Crippen LogP contribution in [0.4, 0.5) is 0 Å². The highest BCUT2D eigenvalue weighted by molar-refractivity contribution is 5.81. The quantitative estimate of drug-likeness (QED) is 0.558. The Morgan fingerprint density at radius 3 is 2.88 bits per heavy atom. The van der Waals surface area contributed by atoms with Crippen LogP contribution in [0.1, 0.15) is 38.7 Å². The van der Waals surface area contributed by atoms with Crippen molar-refractivity contribution in [1.29, 1.82) is 5.26 Å². The number of oxime groups is 1. The maximum Gasteiger partial charge on any atom is 0.175 e. The number of para-hydroxylation sites is 1. The van der Waals surface area contributed by atoms with E-state index in [-0.39, 0.29) is 0 Å². The second kappa shape index (κ2) is 6.62. The number of nitriles is 1. The van der Waals surface area contributed by atoms with Gasteiger partial charge in [-0.15, -0.1) is 0 Å². The van der Waals surface area contributed by atoms with Crippen molar-refractivity contribution < 1.29 is 4.84 Å².